The van der Waals surface area contributed by atoms with Gasteiger partial charge in [0, 0.05) is 43.2 Å². The van der Waals surface area contributed by atoms with Crippen molar-refractivity contribution in [3.8, 4) is 11.3 Å². The highest BCUT2D eigenvalue weighted by Gasteiger charge is 2.33. The van der Waals surface area contributed by atoms with Crippen molar-refractivity contribution < 1.29 is 14.1 Å². The number of thiazole rings is 1. The summed E-state index contributed by atoms with van der Waals surface area (Å²) in [6.45, 7) is 8.15. The molecular weight excluding hydrogens is 603 g/mol. The second kappa shape index (κ2) is 14.0. The monoisotopic (exact) mass is 642 g/mol. The fraction of sp³-hybridized carbons (Fsp3) is 0.485. The minimum Gasteiger partial charge on any atom is -0.465 e. The first-order valence-corrected chi connectivity index (χ1v) is 16.8. The molecule has 0 unspecified atom stereocenters. The van der Waals surface area contributed by atoms with Crippen LogP contribution in [-0.4, -0.2) is 42.9 Å². The predicted octanol–water partition coefficient (Wildman–Crippen LogP) is 9.22. The Morgan fingerprint density at radius 2 is 1.79 bits per heavy atom. The summed E-state index contributed by atoms with van der Waals surface area (Å²) in [6.07, 6.45) is 6.92. The predicted molar refractivity (Wildman–Crippen MR) is 177 cm³/mol. The van der Waals surface area contributed by atoms with Crippen LogP contribution in [0, 0.1) is 0 Å². The van der Waals surface area contributed by atoms with Gasteiger partial charge in [-0.3, -0.25) is 0 Å². The standard InChI is InChI=1S/C18H22Cl2N2O.C15H18N2O2S/c1-3-12(4-2)21-10-13-17(22-23-18(13)11-8-9-11)16-14(19)6-5-7-15(16)20;1-4-17(2)15-16-13-11(9-5-6-9)7-10(14(18)19-3)8-12(13)20-15/h5-7,11-12,21H,3-4,8-10H2,1-2H3;7-9H,4-6H2,1-3H3. The zero-order valence-corrected chi connectivity index (χ0v) is 27.8. The maximum Gasteiger partial charge on any atom is 0.337 e. The van der Waals surface area contributed by atoms with Crippen molar-refractivity contribution in [1.82, 2.24) is 15.5 Å². The van der Waals surface area contributed by atoms with E-state index >= 15 is 0 Å². The lowest BCUT2D eigenvalue weighted by Gasteiger charge is -2.15. The van der Waals surface area contributed by atoms with E-state index in [0.717, 1.165) is 63.9 Å². The quantitative estimate of drug-likeness (QED) is 0.163. The van der Waals surface area contributed by atoms with Crippen molar-refractivity contribution in [1.29, 1.82) is 0 Å². The lowest BCUT2D eigenvalue weighted by molar-refractivity contribution is 0.0601. The van der Waals surface area contributed by atoms with E-state index in [4.69, 9.17) is 37.4 Å². The van der Waals surface area contributed by atoms with Gasteiger partial charge in [0.25, 0.3) is 0 Å². The van der Waals surface area contributed by atoms with E-state index in [1.807, 2.05) is 37.4 Å². The van der Waals surface area contributed by atoms with Gasteiger partial charge in [0.2, 0.25) is 0 Å². The highest BCUT2D eigenvalue weighted by Crippen LogP contribution is 2.46. The van der Waals surface area contributed by atoms with Crippen LogP contribution in [0.2, 0.25) is 10.0 Å². The van der Waals surface area contributed by atoms with Crippen LogP contribution in [0.1, 0.15) is 98.4 Å². The normalized spacial score (nSPS) is 14.6. The molecule has 2 aliphatic carbocycles. The molecule has 0 amide bonds. The molecule has 0 spiro atoms. The number of ether oxygens (including phenoxy) is 1. The number of nitrogens with zero attached hydrogens (tertiary/aromatic N) is 3. The number of aromatic nitrogens is 2. The third-order valence-electron chi connectivity index (χ3n) is 8.27. The molecule has 2 fully saturated rings. The summed E-state index contributed by atoms with van der Waals surface area (Å²) in [7, 11) is 3.46. The second-order valence-corrected chi connectivity index (χ2v) is 13.2. The summed E-state index contributed by atoms with van der Waals surface area (Å²) >= 11 is 14.4. The van der Waals surface area contributed by atoms with E-state index in [0.29, 0.717) is 33.5 Å². The van der Waals surface area contributed by atoms with Crippen LogP contribution in [0.4, 0.5) is 5.13 Å². The molecule has 1 N–H and O–H groups in total. The number of carbonyl (C=O) groups is 1. The fourth-order valence-corrected chi connectivity index (χ4v) is 6.83. The number of benzene rings is 2. The van der Waals surface area contributed by atoms with Crippen molar-refractivity contribution in [3.63, 3.8) is 0 Å². The van der Waals surface area contributed by atoms with Crippen LogP contribution in [-0.2, 0) is 11.3 Å². The number of carbonyl (C=O) groups excluding carboxylic acids is 1. The molecule has 0 radical (unpaired) electrons. The molecule has 6 rings (SSSR count). The lowest BCUT2D eigenvalue weighted by atomic mass is 10.0. The first-order chi connectivity index (χ1) is 20.8. The van der Waals surface area contributed by atoms with Gasteiger partial charge in [-0.1, -0.05) is 59.6 Å². The molecule has 4 aromatic rings. The summed E-state index contributed by atoms with van der Waals surface area (Å²) in [4.78, 5) is 18.7. The summed E-state index contributed by atoms with van der Waals surface area (Å²) in [6, 6.07) is 9.88. The van der Waals surface area contributed by atoms with E-state index in [-0.39, 0.29) is 5.97 Å². The molecule has 0 aliphatic heterocycles. The Morgan fingerprint density at radius 1 is 1.12 bits per heavy atom. The molecule has 7 nitrogen and oxygen atoms in total. The van der Waals surface area contributed by atoms with E-state index in [1.54, 1.807) is 11.3 Å². The number of methoxy groups -OCH3 is 1. The maximum absolute atomic E-state index is 11.8. The Bertz CT molecular complexity index is 1550. The number of anilines is 1. The van der Waals surface area contributed by atoms with Gasteiger partial charge in [0.05, 0.1) is 32.9 Å². The zero-order valence-electron chi connectivity index (χ0n) is 25.5. The number of halogens is 2. The summed E-state index contributed by atoms with van der Waals surface area (Å²) in [5.41, 5.74) is 5.55. The average molecular weight is 644 g/mol. The number of fused-ring (bicyclic) bond motifs is 1. The van der Waals surface area contributed by atoms with Gasteiger partial charge in [-0.15, -0.1) is 0 Å². The minimum atomic E-state index is -0.271. The molecule has 2 heterocycles. The number of hydrogen-bond acceptors (Lipinski definition) is 8. The Hall–Kier alpha value is -2.65. The third-order valence-corrected chi connectivity index (χ3v) is 10.0. The molecule has 2 aromatic heterocycles. The van der Waals surface area contributed by atoms with Crippen LogP contribution < -0.4 is 10.2 Å². The SMILES string of the molecule is CCC(CC)NCc1c(-c2c(Cl)cccc2Cl)noc1C1CC1.CCN(C)c1nc2c(C3CC3)cc(C(=O)OC)cc2s1. The molecule has 2 aromatic carbocycles. The van der Waals surface area contributed by atoms with Gasteiger partial charge in [-0.05, 0) is 81.2 Å². The third kappa shape index (κ3) is 7.19. The Morgan fingerprint density at radius 3 is 2.37 bits per heavy atom. The molecule has 2 saturated carbocycles. The summed E-state index contributed by atoms with van der Waals surface area (Å²) in [5.74, 6) is 1.78. The highest BCUT2D eigenvalue weighted by atomic mass is 35.5. The van der Waals surface area contributed by atoms with Crippen LogP contribution in [0.15, 0.2) is 34.9 Å². The second-order valence-electron chi connectivity index (χ2n) is 11.3. The molecule has 0 bridgehead atoms. The van der Waals surface area contributed by atoms with E-state index in [2.05, 4.69) is 36.1 Å². The number of nitrogens with one attached hydrogen (secondary N) is 1. The fourth-order valence-electron chi connectivity index (χ4n) is 5.19. The van der Waals surface area contributed by atoms with Crippen molar-refractivity contribution >= 4 is 55.9 Å². The van der Waals surface area contributed by atoms with E-state index in [1.165, 1.54) is 38.4 Å². The summed E-state index contributed by atoms with van der Waals surface area (Å²) < 4.78 is 11.6. The van der Waals surface area contributed by atoms with Gasteiger partial charge in [-0.2, -0.15) is 0 Å². The molecule has 43 heavy (non-hydrogen) atoms. The van der Waals surface area contributed by atoms with Gasteiger partial charge in [-0.25, -0.2) is 9.78 Å². The topological polar surface area (TPSA) is 80.5 Å². The zero-order chi connectivity index (χ0) is 30.7. The van der Waals surface area contributed by atoms with Gasteiger partial charge < -0.3 is 19.5 Å². The van der Waals surface area contributed by atoms with Gasteiger partial charge in [0.15, 0.2) is 5.13 Å². The van der Waals surface area contributed by atoms with Crippen molar-refractivity contribution in [2.75, 3.05) is 25.6 Å². The van der Waals surface area contributed by atoms with Gasteiger partial charge >= 0.3 is 5.97 Å². The minimum absolute atomic E-state index is 0.271. The van der Waals surface area contributed by atoms with Crippen LogP contribution in [0.25, 0.3) is 21.5 Å². The number of hydrogen-bond donors (Lipinski definition) is 1. The Labute approximate surface area is 267 Å². The maximum atomic E-state index is 11.8. The molecule has 0 atom stereocenters. The van der Waals surface area contributed by atoms with E-state index < -0.39 is 0 Å². The van der Waals surface area contributed by atoms with Crippen LogP contribution in [0.5, 0.6) is 0 Å². The number of esters is 1. The average Bonchev–Trinajstić information content (AvgIpc) is 3.95. The lowest BCUT2D eigenvalue weighted by Crippen LogP contribution is -2.27. The van der Waals surface area contributed by atoms with E-state index in [9.17, 15) is 4.79 Å². The molecule has 2 aliphatic rings. The van der Waals surface area contributed by atoms with Crippen molar-refractivity contribution in [2.45, 2.75) is 83.7 Å². The molecular formula is C33H40Cl2N4O3S. The smallest absolute Gasteiger partial charge is 0.337 e. The Balaban J connectivity index is 0.000000173. The van der Waals surface area contributed by atoms with Crippen LogP contribution >= 0.6 is 34.5 Å². The highest BCUT2D eigenvalue weighted by molar-refractivity contribution is 7.22. The molecule has 0 saturated heterocycles. The Kier molecular flexibility index (Phi) is 10.3. The first kappa shape index (κ1) is 31.8. The summed E-state index contributed by atoms with van der Waals surface area (Å²) in [5, 5.41) is 10.1. The number of rotatable bonds is 11. The van der Waals surface area contributed by atoms with Crippen molar-refractivity contribution in [3.05, 3.63) is 62.8 Å². The first-order valence-electron chi connectivity index (χ1n) is 15.2. The molecule has 10 heteroatoms. The van der Waals surface area contributed by atoms with Crippen LogP contribution in [0.3, 0.4) is 0 Å². The molecule has 230 valence electrons. The largest absolute Gasteiger partial charge is 0.465 e. The van der Waals surface area contributed by atoms with Crippen molar-refractivity contribution in [2.24, 2.45) is 0 Å². The van der Waals surface area contributed by atoms with Gasteiger partial charge in [0.1, 0.15) is 11.5 Å².